The van der Waals surface area contributed by atoms with Crippen molar-refractivity contribution in [2.75, 3.05) is 6.54 Å². The fourth-order valence-electron chi connectivity index (χ4n) is 1.89. The van der Waals surface area contributed by atoms with Crippen LogP contribution < -0.4 is 10.6 Å². The summed E-state index contributed by atoms with van der Waals surface area (Å²) in [6, 6.07) is 1.00. The summed E-state index contributed by atoms with van der Waals surface area (Å²) in [5.74, 6) is 0.168. The highest BCUT2D eigenvalue weighted by molar-refractivity contribution is 5.78. The number of hydrogen-bond donors (Lipinski definition) is 2. The third-order valence-corrected chi connectivity index (χ3v) is 3.04. The van der Waals surface area contributed by atoms with Crippen molar-refractivity contribution in [3.63, 3.8) is 0 Å². The topological polar surface area (TPSA) is 41.1 Å². The molecule has 0 heterocycles. The first-order valence-corrected chi connectivity index (χ1v) is 6.79. The number of nitrogens with one attached hydrogen (secondary N) is 2. The van der Waals surface area contributed by atoms with Crippen LogP contribution in [0.15, 0.2) is 0 Å². The van der Waals surface area contributed by atoms with Crippen LogP contribution in [0.4, 0.5) is 0 Å². The SMILES string of the molecule is CCCCC(CCC)NC(=O)CNC1CC1. The van der Waals surface area contributed by atoms with Gasteiger partial charge in [0.15, 0.2) is 0 Å². The predicted octanol–water partition coefficient (Wildman–Crippen LogP) is 2.21. The Morgan fingerprint density at radius 1 is 1.25 bits per heavy atom. The Labute approximate surface area is 99.4 Å². The zero-order valence-electron chi connectivity index (χ0n) is 10.7. The fourth-order valence-corrected chi connectivity index (χ4v) is 1.89. The molecule has 1 unspecified atom stereocenters. The van der Waals surface area contributed by atoms with Crippen molar-refractivity contribution in [1.82, 2.24) is 10.6 Å². The molecule has 0 aromatic heterocycles. The van der Waals surface area contributed by atoms with Gasteiger partial charge in [0.2, 0.25) is 5.91 Å². The predicted molar refractivity (Wildman–Crippen MR) is 67.4 cm³/mol. The number of rotatable bonds is 9. The van der Waals surface area contributed by atoms with E-state index in [4.69, 9.17) is 0 Å². The lowest BCUT2D eigenvalue weighted by atomic mass is 10.1. The quantitative estimate of drug-likeness (QED) is 0.633. The van der Waals surface area contributed by atoms with Crippen LogP contribution in [-0.4, -0.2) is 24.5 Å². The zero-order chi connectivity index (χ0) is 11.8. The van der Waals surface area contributed by atoms with Gasteiger partial charge in [0.05, 0.1) is 6.54 Å². The molecule has 1 fully saturated rings. The smallest absolute Gasteiger partial charge is 0.234 e. The van der Waals surface area contributed by atoms with E-state index in [1.807, 2.05) is 0 Å². The van der Waals surface area contributed by atoms with Gasteiger partial charge in [-0.3, -0.25) is 4.79 Å². The van der Waals surface area contributed by atoms with Gasteiger partial charge in [0.25, 0.3) is 0 Å². The Morgan fingerprint density at radius 3 is 2.56 bits per heavy atom. The Morgan fingerprint density at radius 2 is 2.00 bits per heavy atom. The normalized spacial score (nSPS) is 17.1. The molecule has 3 nitrogen and oxygen atoms in total. The molecule has 1 atom stereocenters. The molecule has 0 aromatic carbocycles. The van der Waals surface area contributed by atoms with Crippen molar-refractivity contribution in [2.45, 2.75) is 70.9 Å². The number of carbonyl (C=O) groups is 1. The molecule has 0 spiro atoms. The molecule has 1 aliphatic carbocycles. The van der Waals surface area contributed by atoms with Crippen molar-refractivity contribution in [1.29, 1.82) is 0 Å². The van der Waals surface area contributed by atoms with E-state index in [9.17, 15) is 4.79 Å². The van der Waals surface area contributed by atoms with Crippen molar-refractivity contribution in [3.8, 4) is 0 Å². The van der Waals surface area contributed by atoms with E-state index in [2.05, 4.69) is 24.5 Å². The van der Waals surface area contributed by atoms with Gasteiger partial charge in [0, 0.05) is 12.1 Å². The summed E-state index contributed by atoms with van der Waals surface area (Å²) in [6.45, 7) is 4.87. The number of carbonyl (C=O) groups excluding carboxylic acids is 1. The minimum absolute atomic E-state index is 0.168. The van der Waals surface area contributed by atoms with Crippen LogP contribution in [0.3, 0.4) is 0 Å². The first-order valence-electron chi connectivity index (χ1n) is 6.79. The van der Waals surface area contributed by atoms with E-state index < -0.39 is 0 Å². The summed E-state index contributed by atoms with van der Waals surface area (Å²) in [4.78, 5) is 11.7. The van der Waals surface area contributed by atoms with Gasteiger partial charge in [0.1, 0.15) is 0 Å². The molecule has 16 heavy (non-hydrogen) atoms. The second-order valence-corrected chi connectivity index (χ2v) is 4.85. The van der Waals surface area contributed by atoms with E-state index in [-0.39, 0.29) is 5.91 Å². The highest BCUT2D eigenvalue weighted by Crippen LogP contribution is 2.17. The maximum Gasteiger partial charge on any atom is 0.234 e. The Hall–Kier alpha value is -0.570. The van der Waals surface area contributed by atoms with Gasteiger partial charge in [-0.05, 0) is 25.7 Å². The molecule has 0 aromatic rings. The van der Waals surface area contributed by atoms with Crippen LogP contribution in [0.2, 0.25) is 0 Å². The first kappa shape index (κ1) is 13.5. The third-order valence-electron chi connectivity index (χ3n) is 3.04. The summed E-state index contributed by atoms with van der Waals surface area (Å²) in [6.07, 6.45) is 8.26. The summed E-state index contributed by atoms with van der Waals surface area (Å²) in [7, 11) is 0. The molecule has 2 N–H and O–H groups in total. The van der Waals surface area contributed by atoms with Crippen molar-refractivity contribution in [3.05, 3.63) is 0 Å². The van der Waals surface area contributed by atoms with E-state index >= 15 is 0 Å². The highest BCUT2D eigenvalue weighted by Gasteiger charge is 2.21. The Balaban J connectivity index is 2.13. The summed E-state index contributed by atoms with van der Waals surface area (Å²) in [5.41, 5.74) is 0. The van der Waals surface area contributed by atoms with Gasteiger partial charge in [-0.2, -0.15) is 0 Å². The zero-order valence-corrected chi connectivity index (χ0v) is 10.7. The molecular weight excluding hydrogens is 200 g/mol. The van der Waals surface area contributed by atoms with Gasteiger partial charge in [-0.25, -0.2) is 0 Å². The number of amides is 1. The van der Waals surface area contributed by atoms with E-state index in [1.54, 1.807) is 0 Å². The molecular formula is C13H26N2O. The van der Waals surface area contributed by atoms with Gasteiger partial charge >= 0.3 is 0 Å². The minimum Gasteiger partial charge on any atom is -0.352 e. The molecule has 1 saturated carbocycles. The average molecular weight is 226 g/mol. The van der Waals surface area contributed by atoms with Gasteiger partial charge in [-0.15, -0.1) is 0 Å². The minimum atomic E-state index is 0.168. The molecule has 1 amide bonds. The van der Waals surface area contributed by atoms with Crippen LogP contribution in [0.1, 0.15) is 58.8 Å². The van der Waals surface area contributed by atoms with E-state index in [0.717, 1.165) is 19.3 Å². The molecule has 3 heteroatoms. The lowest BCUT2D eigenvalue weighted by molar-refractivity contribution is -0.121. The van der Waals surface area contributed by atoms with Crippen LogP contribution in [0, 0.1) is 0 Å². The lowest BCUT2D eigenvalue weighted by Gasteiger charge is -2.18. The number of hydrogen-bond acceptors (Lipinski definition) is 2. The lowest BCUT2D eigenvalue weighted by Crippen LogP contribution is -2.40. The monoisotopic (exact) mass is 226 g/mol. The number of unbranched alkanes of at least 4 members (excludes halogenated alkanes) is 1. The van der Waals surface area contributed by atoms with Crippen molar-refractivity contribution >= 4 is 5.91 Å². The second kappa shape index (κ2) is 7.66. The molecule has 0 bridgehead atoms. The summed E-state index contributed by atoms with van der Waals surface area (Å²) < 4.78 is 0. The Kier molecular flexibility index (Phi) is 6.46. The molecule has 0 saturated heterocycles. The molecule has 1 aliphatic rings. The van der Waals surface area contributed by atoms with Gasteiger partial charge in [-0.1, -0.05) is 33.1 Å². The van der Waals surface area contributed by atoms with Gasteiger partial charge < -0.3 is 10.6 Å². The maximum atomic E-state index is 11.7. The molecule has 0 aliphatic heterocycles. The summed E-state index contributed by atoms with van der Waals surface area (Å²) >= 11 is 0. The Bertz CT molecular complexity index is 202. The molecule has 1 rings (SSSR count). The summed E-state index contributed by atoms with van der Waals surface area (Å²) in [5, 5.41) is 6.38. The maximum absolute atomic E-state index is 11.7. The van der Waals surface area contributed by atoms with E-state index in [1.165, 1.54) is 25.7 Å². The van der Waals surface area contributed by atoms with Crippen molar-refractivity contribution in [2.24, 2.45) is 0 Å². The van der Waals surface area contributed by atoms with Crippen LogP contribution in [-0.2, 0) is 4.79 Å². The van der Waals surface area contributed by atoms with Crippen LogP contribution in [0.25, 0.3) is 0 Å². The molecule has 0 radical (unpaired) electrons. The van der Waals surface area contributed by atoms with Crippen LogP contribution >= 0.6 is 0 Å². The highest BCUT2D eigenvalue weighted by atomic mass is 16.1. The van der Waals surface area contributed by atoms with E-state index in [0.29, 0.717) is 18.6 Å². The first-order chi connectivity index (χ1) is 7.76. The fraction of sp³-hybridized carbons (Fsp3) is 0.923. The largest absolute Gasteiger partial charge is 0.352 e. The molecule has 94 valence electrons. The third kappa shape index (κ3) is 6.11. The van der Waals surface area contributed by atoms with Crippen LogP contribution in [0.5, 0.6) is 0 Å². The standard InChI is InChI=1S/C13H26N2O/c1-3-5-7-12(6-4-2)15-13(16)10-14-11-8-9-11/h11-12,14H,3-10H2,1-2H3,(H,15,16). The average Bonchev–Trinajstić information content (AvgIpc) is 3.07. The van der Waals surface area contributed by atoms with Crippen molar-refractivity contribution < 1.29 is 4.79 Å². The second-order valence-electron chi connectivity index (χ2n) is 4.85.